The Balaban J connectivity index is 1.41. The lowest BCUT2D eigenvalue weighted by atomic mass is 9.74. The van der Waals surface area contributed by atoms with E-state index in [1.54, 1.807) is 5.56 Å². The molecule has 1 unspecified atom stereocenters. The van der Waals surface area contributed by atoms with Gasteiger partial charge in [-0.2, -0.15) is 0 Å². The van der Waals surface area contributed by atoms with E-state index in [4.69, 9.17) is 0 Å². The molecule has 110 valence electrons. The van der Waals surface area contributed by atoms with E-state index in [9.17, 15) is 0 Å². The summed E-state index contributed by atoms with van der Waals surface area (Å²) in [6.45, 7) is 6.03. The van der Waals surface area contributed by atoms with E-state index < -0.39 is 0 Å². The summed E-state index contributed by atoms with van der Waals surface area (Å²) in [6, 6.07) is 9.64. The lowest BCUT2D eigenvalue weighted by molar-refractivity contribution is 0.190. The van der Waals surface area contributed by atoms with Gasteiger partial charge in [0.15, 0.2) is 0 Å². The molecule has 20 heavy (non-hydrogen) atoms. The van der Waals surface area contributed by atoms with Crippen LogP contribution in [0.4, 0.5) is 0 Å². The Morgan fingerprint density at radius 2 is 2.05 bits per heavy atom. The van der Waals surface area contributed by atoms with Gasteiger partial charge < -0.3 is 10.2 Å². The third-order valence-electron chi connectivity index (χ3n) is 5.18. The third kappa shape index (κ3) is 3.24. The molecule has 1 saturated carbocycles. The van der Waals surface area contributed by atoms with Gasteiger partial charge >= 0.3 is 0 Å². The lowest BCUT2D eigenvalue weighted by Gasteiger charge is -2.39. The normalized spacial score (nSPS) is 31.0. The second kappa shape index (κ2) is 6.28. The Hall–Kier alpha value is -0.860. The summed E-state index contributed by atoms with van der Waals surface area (Å²) in [6.07, 6.45) is 5.44. The van der Waals surface area contributed by atoms with Crippen molar-refractivity contribution in [2.24, 2.45) is 5.92 Å². The predicted octanol–water partition coefficient (Wildman–Crippen LogP) is 3.17. The summed E-state index contributed by atoms with van der Waals surface area (Å²) in [5.74, 6) is 1.66. The molecule has 0 amide bonds. The van der Waals surface area contributed by atoms with Crippen LogP contribution in [0.15, 0.2) is 24.3 Å². The molecule has 1 atom stereocenters. The van der Waals surface area contributed by atoms with Crippen LogP contribution in [0.5, 0.6) is 0 Å². The molecule has 1 heterocycles. The van der Waals surface area contributed by atoms with Crippen LogP contribution in [-0.4, -0.2) is 37.6 Å². The zero-order valence-electron chi connectivity index (χ0n) is 12.9. The van der Waals surface area contributed by atoms with Crippen LogP contribution in [0.2, 0.25) is 0 Å². The molecule has 2 heteroatoms. The standard InChI is InChI=1S/C18H28N2/c1-14-6-3-4-8-18(14)16-10-17(11-16)19-12-15-7-5-9-20(2)13-15/h3-4,6,8,15-17,19H,5,7,9-13H2,1-2H3. The number of hydrogen-bond donors (Lipinski definition) is 1. The first-order chi connectivity index (χ1) is 9.72. The molecule has 1 N–H and O–H groups in total. The van der Waals surface area contributed by atoms with Crippen molar-refractivity contribution in [3.63, 3.8) is 0 Å². The summed E-state index contributed by atoms with van der Waals surface area (Å²) in [7, 11) is 2.25. The largest absolute Gasteiger partial charge is 0.314 e. The van der Waals surface area contributed by atoms with Crippen LogP contribution in [-0.2, 0) is 0 Å². The molecule has 0 bridgehead atoms. The average Bonchev–Trinajstić information content (AvgIpc) is 2.39. The van der Waals surface area contributed by atoms with Crippen molar-refractivity contribution >= 4 is 0 Å². The van der Waals surface area contributed by atoms with Gasteiger partial charge in [-0.3, -0.25) is 0 Å². The third-order valence-corrected chi connectivity index (χ3v) is 5.18. The lowest BCUT2D eigenvalue weighted by Crippen LogP contribution is -2.45. The van der Waals surface area contributed by atoms with Gasteiger partial charge in [0.2, 0.25) is 0 Å². The van der Waals surface area contributed by atoms with Gasteiger partial charge in [-0.15, -0.1) is 0 Å². The maximum atomic E-state index is 3.80. The number of rotatable bonds is 4. The number of piperidine rings is 1. The fourth-order valence-electron chi connectivity index (χ4n) is 3.86. The van der Waals surface area contributed by atoms with Crippen molar-refractivity contribution in [2.75, 3.05) is 26.7 Å². The van der Waals surface area contributed by atoms with Gasteiger partial charge in [-0.05, 0) is 75.7 Å². The highest BCUT2D eigenvalue weighted by molar-refractivity contribution is 5.31. The van der Waals surface area contributed by atoms with Crippen LogP contribution in [0.25, 0.3) is 0 Å². The molecule has 2 nitrogen and oxygen atoms in total. The molecule has 1 aliphatic carbocycles. The topological polar surface area (TPSA) is 15.3 Å². The zero-order valence-corrected chi connectivity index (χ0v) is 12.9. The zero-order chi connectivity index (χ0) is 13.9. The SMILES string of the molecule is Cc1ccccc1C1CC(NCC2CCCN(C)C2)C1. The highest BCUT2D eigenvalue weighted by Crippen LogP contribution is 2.38. The van der Waals surface area contributed by atoms with Crippen molar-refractivity contribution in [3.8, 4) is 0 Å². The number of benzene rings is 1. The monoisotopic (exact) mass is 272 g/mol. The highest BCUT2D eigenvalue weighted by Gasteiger charge is 2.31. The van der Waals surface area contributed by atoms with Crippen LogP contribution in [0.1, 0.15) is 42.7 Å². The quantitative estimate of drug-likeness (QED) is 0.905. The number of likely N-dealkylation sites (tertiary alicyclic amines) is 1. The summed E-state index contributed by atoms with van der Waals surface area (Å²) in [5, 5.41) is 3.80. The molecule has 0 spiro atoms. The Kier molecular flexibility index (Phi) is 4.42. The van der Waals surface area contributed by atoms with E-state index in [1.165, 1.54) is 50.9 Å². The van der Waals surface area contributed by atoms with Gasteiger partial charge in [0.1, 0.15) is 0 Å². The van der Waals surface area contributed by atoms with E-state index in [-0.39, 0.29) is 0 Å². The molecule has 1 aliphatic heterocycles. The maximum absolute atomic E-state index is 3.80. The smallest absolute Gasteiger partial charge is 0.00788 e. The maximum Gasteiger partial charge on any atom is 0.00788 e. The first-order valence-electron chi connectivity index (χ1n) is 8.20. The Bertz CT molecular complexity index is 437. The van der Waals surface area contributed by atoms with Crippen LogP contribution in [0.3, 0.4) is 0 Å². The van der Waals surface area contributed by atoms with E-state index >= 15 is 0 Å². The van der Waals surface area contributed by atoms with E-state index in [0.29, 0.717) is 0 Å². The molecule has 0 radical (unpaired) electrons. The van der Waals surface area contributed by atoms with Gasteiger partial charge in [0, 0.05) is 12.6 Å². The van der Waals surface area contributed by atoms with Gasteiger partial charge in [0.25, 0.3) is 0 Å². The minimum atomic E-state index is 0.756. The molecule has 1 aromatic carbocycles. The van der Waals surface area contributed by atoms with Gasteiger partial charge in [0.05, 0.1) is 0 Å². The van der Waals surface area contributed by atoms with Gasteiger partial charge in [-0.25, -0.2) is 0 Å². The number of nitrogens with one attached hydrogen (secondary N) is 1. The van der Waals surface area contributed by atoms with Crippen LogP contribution < -0.4 is 5.32 Å². The van der Waals surface area contributed by atoms with Crippen molar-refractivity contribution in [3.05, 3.63) is 35.4 Å². The van der Waals surface area contributed by atoms with Crippen LogP contribution >= 0.6 is 0 Å². The summed E-state index contributed by atoms with van der Waals surface area (Å²) < 4.78 is 0. The molecular formula is C18H28N2. The first kappa shape index (κ1) is 14.1. The molecular weight excluding hydrogens is 244 g/mol. The van der Waals surface area contributed by atoms with Crippen LogP contribution in [0, 0.1) is 12.8 Å². The summed E-state index contributed by atoms with van der Waals surface area (Å²) >= 11 is 0. The second-order valence-corrected chi connectivity index (χ2v) is 6.90. The van der Waals surface area contributed by atoms with Crippen molar-refractivity contribution < 1.29 is 0 Å². The minimum absolute atomic E-state index is 0.756. The van der Waals surface area contributed by atoms with E-state index in [2.05, 4.69) is 48.5 Å². The number of hydrogen-bond acceptors (Lipinski definition) is 2. The molecule has 2 aliphatic rings. The highest BCUT2D eigenvalue weighted by atomic mass is 15.1. The number of nitrogens with zero attached hydrogens (tertiary/aromatic N) is 1. The predicted molar refractivity (Wildman–Crippen MR) is 85.2 cm³/mol. The van der Waals surface area contributed by atoms with E-state index in [1.807, 2.05) is 0 Å². The fraction of sp³-hybridized carbons (Fsp3) is 0.667. The van der Waals surface area contributed by atoms with Crippen molar-refractivity contribution in [2.45, 2.75) is 44.6 Å². The Morgan fingerprint density at radius 1 is 1.25 bits per heavy atom. The summed E-state index contributed by atoms with van der Waals surface area (Å²) in [5.41, 5.74) is 3.04. The Morgan fingerprint density at radius 3 is 2.80 bits per heavy atom. The first-order valence-corrected chi connectivity index (χ1v) is 8.20. The fourth-order valence-corrected chi connectivity index (χ4v) is 3.86. The number of aryl methyl sites for hydroxylation is 1. The minimum Gasteiger partial charge on any atom is -0.314 e. The van der Waals surface area contributed by atoms with E-state index in [0.717, 1.165) is 17.9 Å². The molecule has 1 saturated heterocycles. The van der Waals surface area contributed by atoms with Gasteiger partial charge in [-0.1, -0.05) is 24.3 Å². The second-order valence-electron chi connectivity index (χ2n) is 6.90. The van der Waals surface area contributed by atoms with Crippen molar-refractivity contribution in [1.82, 2.24) is 10.2 Å². The summed E-state index contributed by atoms with van der Waals surface area (Å²) in [4.78, 5) is 2.48. The molecule has 2 fully saturated rings. The Labute approximate surface area is 123 Å². The molecule has 1 aromatic rings. The average molecular weight is 272 g/mol. The molecule has 3 rings (SSSR count). The molecule has 0 aromatic heterocycles. The van der Waals surface area contributed by atoms with Crippen molar-refractivity contribution in [1.29, 1.82) is 0 Å².